The molecule has 2 N–H and O–H groups in total. The maximum Gasteiger partial charge on any atom is 0.416 e. The van der Waals surface area contributed by atoms with Crippen molar-refractivity contribution in [3.8, 4) is 22.9 Å². The molecule has 1 aromatic carbocycles. The monoisotopic (exact) mass is 410 g/mol. The number of hydrogen-bond donors (Lipinski definition) is 1. The zero-order valence-electron chi connectivity index (χ0n) is 15.6. The number of cyclic esters (lactones) is 1. The number of alkyl halides is 2. The Balaban J connectivity index is 0.000000755. The van der Waals surface area contributed by atoms with Gasteiger partial charge in [-0.3, -0.25) is 4.79 Å². The zero-order chi connectivity index (χ0) is 21.0. The van der Waals surface area contributed by atoms with E-state index in [9.17, 15) is 13.6 Å². The number of nitrogens with zero attached hydrogens (tertiary/aromatic N) is 3. The number of halogens is 2. The number of ether oxygens (including phenoxy) is 3. The van der Waals surface area contributed by atoms with Crippen LogP contribution in [0.15, 0.2) is 24.4 Å². The molecule has 1 unspecified atom stereocenters. The van der Waals surface area contributed by atoms with Crippen LogP contribution in [0.2, 0.25) is 0 Å². The lowest BCUT2D eigenvalue weighted by atomic mass is 10.2. The molecule has 1 saturated heterocycles. The third-order valence-electron chi connectivity index (χ3n) is 4.30. The van der Waals surface area contributed by atoms with Crippen LogP contribution < -0.4 is 20.1 Å². The van der Waals surface area contributed by atoms with Crippen molar-refractivity contribution in [3.63, 3.8) is 0 Å². The Kier molecular flexibility index (Phi) is 6.15. The third-order valence-corrected chi connectivity index (χ3v) is 4.30. The van der Waals surface area contributed by atoms with Gasteiger partial charge in [0.15, 0.2) is 5.82 Å². The van der Waals surface area contributed by atoms with Crippen LogP contribution in [0.25, 0.3) is 11.4 Å². The van der Waals surface area contributed by atoms with Gasteiger partial charge in [-0.05, 0) is 19.1 Å². The predicted octanol–water partition coefficient (Wildman–Crippen LogP) is 2.03. The van der Waals surface area contributed by atoms with Crippen molar-refractivity contribution in [2.24, 2.45) is 5.73 Å². The number of anilines is 1. The van der Waals surface area contributed by atoms with Crippen molar-refractivity contribution in [1.82, 2.24) is 9.55 Å². The molecule has 1 aromatic heterocycles. The van der Waals surface area contributed by atoms with E-state index in [1.807, 2.05) is 6.92 Å². The summed E-state index contributed by atoms with van der Waals surface area (Å²) in [6, 6.07) is 4.04. The minimum atomic E-state index is -2.72. The molecule has 2 amide bonds. The Morgan fingerprint density at radius 3 is 2.86 bits per heavy atom. The number of hydrogen-bond acceptors (Lipinski definition) is 6. The van der Waals surface area contributed by atoms with E-state index in [4.69, 9.17) is 19.0 Å². The molecule has 0 bridgehead atoms. The summed E-state index contributed by atoms with van der Waals surface area (Å²) in [4.78, 5) is 25.8. The summed E-state index contributed by atoms with van der Waals surface area (Å²) in [7, 11) is 0. The van der Waals surface area contributed by atoms with Crippen molar-refractivity contribution >= 4 is 18.3 Å². The minimum Gasteiger partial charge on any atom is -0.494 e. The van der Waals surface area contributed by atoms with E-state index in [0.717, 1.165) is 4.90 Å². The highest BCUT2D eigenvalue weighted by molar-refractivity contribution is 5.89. The molecule has 1 fully saturated rings. The molecule has 4 rings (SSSR count). The van der Waals surface area contributed by atoms with E-state index in [1.54, 1.807) is 29.0 Å². The van der Waals surface area contributed by atoms with Gasteiger partial charge in [0.25, 0.3) is 6.43 Å². The second-order valence-electron chi connectivity index (χ2n) is 6.04. The summed E-state index contributed by atoms with van der Waals surface area (Å²) in [6.07, 6.45) is -1.70. The molecule has 2 aliphatic rings. The third kappa shape index (κ3) is 4.08. The van der Waals surface area contributed by atoms with E-state index in [0.29, 0.717) is 42.6 Å². The van der Waals surface area contributed by atoms with Crippen LogP contribution in [0.4, 0.5) is 19.4 Å². The topological polar surface area (TPSA) is 109 Å². The lowest BCUT2D eigenvalue weighted by Gasteiger charge is -2.17. The molecule has 0 radical (unpaired) electrons. The number of imidazole rings is 1. The Labute approximate surface area is 165 Å². The minimum absolute atomic E-state index is 0.148. The van der Waals surface area contributed by atoms with Gasteiger partial charge in [-0.15, -0.1) is 0 Å². The van der Waals surface area contributed by atoms with Gasteiger partial charge >= 0.3 is 6.09 Å². The average molecular weight is 410 g/mol. The number of aromatic nitrogens is 2. The number of benzene rings is 1. The van der Waals surface area contributed by atoms with Crippen LogP contribution in [0, 0.1) is 0 Å². The molecular weight excluding hydrogens is 390 g/mol. The summed E-state index contributed by atoms with van der Waals surface area (Å²) in [5.41, 5.74) is 4.87. The number of primary amides is 1. The van der Waals surface area contributed by atoms with Crippen molar-refractivity contribution in [2.45, 2.75) is 25.9 Å². The maximum absolute atomic E-state index is 13.2. The van der Waals surface area contributed by atoms with Crippen LogP contribution in [-0.2, 0) is 16.1 Å². The average Bonchev–Trinajstić information content (AvgIpc) is 3.22. The lowest BCUT2D eigenvalue weighted by molar-refractivity contribution is -0.106. The summed E-state index contributed by atoms with van der Waals surface area (Å²) in [6.45, 7) is 2.93. The molecule has 156 valence electrons. The van der Waals surface area contributed by atoms with Crippen molar-refractivity contribution in [1.29, 1.82) is 0 Å². The number of fused-ring (bicyclic) bond motifs is 3. The van der Waals surface area contributed by atoms with Gasteiger partial charge in [0.1, 0.15) is 36.6 Å². The van der Waals surface area contributed by atoms with Gasteiger partial charge in [0.05, 0.1) is 18.7 Å². The fourth-order valence-corrected chi connectivity index (χ4v) is 3.11. The molecule has 2 aliphatic heterocycles. The molecule has 0 spiro atoms. The molecule has 3 heterocycles. The molecule has 11 heteroatoms. The first-order valence-corrected chi connectivity index (χ1v) is 8.86. The maximum atomic E-state index is 13.2. The standard InChI is InChI=1S/C17H17F2N3O4.CH3NO/c1-2-24-10-3-4-11-13(7-10)25-6-5-21-8-14(20-16(11)21)22-12(15(18)19)9-26-17(22)23;2-1-3/h3-4,7-8,12,15H,2,5-6,9H2,1H3;1H,(H2,2,3). The number of carbonyl (C=O) groups is 2. The van der Waals surface area contributed by atoms with Crippen LogP contribution in [0.5, 0.6) is 11.5 Å². The van der Waals surface area contributed by atoms with E-state index >= 15 is 0 Å². The predicted molar refractivity (Wildman–Crippen MR) is 98.2 cm³/mol. The smallest absolute Gasteiger partial charge is 0.416 e. The molecule has 9 nitrogen and oxygen atoms in total. The van der Waals surface area contributed by atoms with Crippen LogP contribution >= 0.6 is 0 Å². The van der Waals surface area contributed by atoms with Gasteiger partial charge in [0, 0.05) is 12.3 Å². The highest BCUT2D eigenvalue weighted by atomic mass is 19.3. The largest absolute Gasteiger partial charge is 0.494 e. The van der Waals surface area contributed by atoms with Gasteiger partial charge in [-0.1, -0.05) is 0 Å². The van der Waals surface area contributed by atoms with Crippen molar-refractivity contribution in [2.75, 3.05) is 24.7 Å². The first-order chi connectivity index (χ1) is 14.0. The van der Waals surface area contributed by atoms with E-state index < -0.39 is 18.6 Å². The van der Waals surface area contributed by atoms with E-state index in [2.05, 4.69) is 10.7 Å². The first kappa shape index (κ1) is 20.4. The second kappa shape index (κ2) is 8.76. The van der Waals surface area contributed by atoms with Crippen LogP contribution in [0.3, 0.4) is 0 Å². The SMILES string of the molecule is CCOc1ccc2c(c1)OCCn1cc(N3C(=O)OCC3C(F)F)nc1-2.NC=O. The highest BCUT2D eigenvalue weighted by Gasteiger charge is 2.42. The summed E-state index contributed by atoms with van der Waals surface area (Å²) >= 11 is 0. The van der Waals surface area contributed by atoms with Crippen molar-refractivity contribution in [3.05, 3.63) is 24.4 Å². The fraction of sp³-hybridized carbons (Fsp3) is 0.389. The normalized spacial score (nSPS) is 17.3. The fourth-order valence-electron chi connectivity index (χ4n) is 3.11. The van der Waals surface area contributed by atoms with Gasteiger partial charge in [-0.25, -0.2) is 23.5 Å². The first-order valence-electron chi connectivity index (χ1n) is 8.86. The molecule has 29 heavy (non-hydrogen) atoms. The molecular formula is C18H20F2N4O5. The quantitative estimate of drug-likeness (QED) is 0.773. The highest BCUT2D eigenvalue weighted by Crippen LogP contribution is 2.37. The number of amides is 2. The van der Waals surface area contributed by atoms with Gasteiger partial charge in [-0.2, -0.15) is 0 Å². The summed E-state index contributed by atoms with van der Waals surface area (Å²) < 4.78 is 44.2. The van der Waals surface area contributed by atoms with Gasteiger partial charge in [0.2, 0.25) is 6.41 Å². The van der Waals surface area contributed by atoms with Crippen LogP contribution in [0.1, 0.15) is 6.92 Å². The summed E-state index contributed by atoms with van der Waals surface area (Å²) in [5.74, 6) is 1.96. The van der Waals surface area contributed by atoms with Gasteiger partial charge < -0.3 is 24.5 Å². The number of nitrogens with two attached hydrogens (primary N) is 1. The molecule has 0 aliphatic carbocycles. The molecule has 1 atom stereocenters. The zero-order valence-corrected chi connectivity index (χ0v) is 15.6. The Bertz CT molecular complexity index is 889. The summed E-state index contributed by atoms with van der Waals surface area (Å²) in [5, 5.41) is 0. The Morgan fingerprint density at radius 2 is 2.17 bits per heavy atom. The Hall–Kier alpha value is -3.37. The van der Waals surface area contributed by atoms with Crippen LogP contribution in [-0.4, -0.2) is 54.3 Å². The number of rotatable bonds is 4. The number of carbonyl (C=O) groups excluding carboxylic acids is 2. The van der Waals surface area contributed by atoms with E-state index in [-0.39, 0.29) is 18.8 Å². The van der Waals surface area contributed by atoms with Crippen molar-refractivity contribution < 1.29 is 32.6 Å². The van der Waals surface area contributed by atoms with E-state index in [1.165, 1.54) is 0 Å². The molecule has 0 saturated carbocycles. The Morgan fingerprint density at radius 1 is 1.41 bits per heavy atom. The second-order valence-corrected chi connectivity index (χ2v) is 6.04. The lowest BCUT2D eigenvalue weighted by Crippen LogP contribution is -2.38. The molecule has 2 aromatic rings.